The van der Waals surface area contributed by atoms with Crippen LogP contribution >= 0.6 is 23.2 Å². The molecule has 1 heterocycles. The van der Waals surface area contributed by atoms with Crippen LogP contribution in [0.15, 0.2) is 36.4 Å². The molecule has 2 aromatic rings. The topological polar surface area (TPSA) is 38.3 Å². The lowest BCUT2D eigenvalue weighted by molar-refractivity contribution is 0.0422. The number of carbonyl (C=O) groups is 1. The first-order valence-electron chi connectivity index (χ1n) is 6.47. The van der Waals surface area contributed by atoms with Gasteiger partial charge in [0.15, 0.2) is 0 Å². The summed E-state index contributed by atoms with van der Waals surface area (Å²) in [5.41, 5.74) is 2.42. The zero-order valence-electron chi connectivity index (χ0n) is 11.5. The van der Waals surface area contributed by atoms with Crippen molar-refractivity contribution in [2.45, 2.75) is 19.4 Å². The van der Waals surface area contributed by atoms with Crippen molar-refractivity contribution in [3.05, 3.63) is 52.0 Å². The second kappa shape index (κ2) is 4.93. The first-order valence-corrected chi connectivity index (χ1v) is 7.23. The summed E-state index contributed by atoms with van der Waals surface area (Å²) >= 11 is 12.6. The largest absolute Gasteiger partial charge is 0.438 e. The Balaban J connectivity index is 2.21. The molecule has 0 unspecified atom stereocenters. The van der Waals surface area contributed by atoms with Crippen molar-refractivity contribution in [3.8, 4) is 11.1 Å². The lowest BCUT2D eigenvalue weighted by Crippen LogP contribution is -2.35. The van der Waals surface area contributed by atoms with Gasteiger partial charge >= 0.3 is 6.09 Å². The Morgan fingerprint density at radius 3 is 2.62 bits per heavy atom. The minimum absolute atomic E-state index is 0.473. The maximum absolute atomic E-state index is 11.6. The van der Waals surface area contributed by atoms with Crippen molar-refractivity contribution in [1.82, 2.24) is 0 Å². The van der Waals surface area contributed by atoms with E-state index in [0.29, 0.717) is 15.7 Å². The molecule has 0 atom stereocenters. The van der Waals surface area contributed by atoms with E-state index in [2.05, 4.69) is 5.32 Å². The average molecular weight is 322 g/mol. The first kappa shape index (κ1) is 14.2. The van der Waals surface area contributed by atoms with Gasteiger partial charge in [0.05, 0.1) is 10.7 Å². The fourth-order valence-electron chi connectivity index (χ4n) is 2.57. The number of fused-ring (bicyclic) bond motifs is 1. The highest BCUT2D eigenvalue weighted by Gasteiger charge is 2.36. The van der Waals surface area contributed by atoms with Crippen LogP contribution in [0.4, 0.5) is 10.5 Å². The number of halogens is 2. The summed E-state index contributed by atoms with van der Waals surface area (Å²) < 4.78 is 5.34. The van der Waals surface area contributed by atoms with Crippen LogP contribution in [0.3, 0.4) is 0 Å². The van der Waals surface area contributed by atoms with Crippen LogP contribution in [0.2, 0.25) is 10.0 Å². The molecule has 3 rings (SSSR count). The summed E-state index contributed by atoms with van der Waals surface area (Å²) in [4.78, 5) is 11.6. The predicted octanol–water partition coefficient (Wildman–Crippen LogP) is 5.46. The average Bonchev–Trinajstić information content (AvgIpc) is 2.36. The molecule has 0 spiro atoms. The van der Waals surface area contributed by atoms with Gasteiger partial charge in [-0.3, -0.25) is 5.32 Å². The van der Waals surface area contributed by atoms with Gasteiger partial charge < -0.3 is 4.74 Å². The van der Waals surface area contributed by atoms with Crippen molar-refractivity contribution >= 4 is 35.0 Å². The highest BCUT2D eigenvalue weighted by Crippen LogP contribution is 2.44. The van der Waals surface area contributed by atoms with Crippen molar-refractivity contribution in [2.75, 3.05) is 5.32 Å². The van der Waals surface area contributed by atoms with Crippen LogP contribution in [-0.4, -0.2) is 6.09 Å². The number of hydrogen-bond acceptors (Lipinski definition) is 2. The third-order valence-corrected chi connectivity index (χ3v) is 4.09. The zero-order valence-corrected chi connectivity index (χ0v) is 13.0. The lowest BCUT2D eigenvalue weighted by Gasteiger charge is -2.33. The molecule has 21 heavy (non-hydrogen) atoms. The molecule has 1 aliphatic heterocycles. The van der Waals surface area contributed by atoms with E-state index in [-0.39, 0.29) is 0 Å². The van der Waals surface area contributed by atoms with E-state index >= 15 is 0 Å². The molecular weight excluding hydrogens is 309 g/mol. The van der Waals surface area contributed by atoms with E-state index in [1.165, 1.54) is 0 Å². The van der Waals surface area contributed by atoms with Gasteiger partial charge in [-0.1, -0.05) is 41.4 Å². The third kappa shape index (κ3) is 2.47. The molecule has 108 valence electrons. The number of hydrogen-bond donors (Lipinski definition) is 1. The van der Waals surface area contributed by atoms with E-state index in [1.807, 2.05) is 50.2 Å². The Morgan fingerprint density at radius 1 is 1.14 bits per heavy atom. The number of rotatable bonds is 1. The number of benzene rings is 2. The number of ether oxygens (including phenoxy) is 1. The van der Waals surface area contributed by atoms with Gasteiger partial charge in [0.25, 0.3) is 0 Å². The SMILES string of the molecule is CC1(C)OC(=O)Nc2ccc(-c3cccc(Cl)c3)c(Cl)c21. The maximum Gasteiger partial charge on any atom is 0.412 e. The molecule has 1 N–H and O–H groups in total. The number of carbonyl (C=O) groups excluding carboxylic acids is 1. The van der Waals surface area contributed by atoms with Crippen LogP contribution in [0.25, 0.3) is 11.1 Å². The quantitative estimate of drug-likeness (QED) is 0.757. The van der Waals surface area contributed by atoms with Gasteiger partial charge in [0.2, 0.25) is 0 Å². The van der Waals surface area contributed by atoms with Crippen molar-refractivity contribution in [2.24, 2.45) is 0 Å². The molecule has 0 radical (unpaired) electrons. The summed E-state index contributed by atoms with van der Waals surface area (Å²) in [6.45, 7) is 3.64. The third-order valence-electron chi connectivity index (χ3n) is 3.46. The molecule has 0 aromatic heterocycles. The van der Waals surface area contributed by atoms with Gasteiger partial charge in [-0.05, 0) is 37.6 Å². The second-order valence-electron chi connectivity index (χ2n) is 5.38. The molecule has 1 amide bonds. The molecule has 0 saturated heterocycles. The maximum atomic E-state index is 11.6. The van der Waals surface area contributed by atoms with Crippen LogP contribution < -0.4 is 5.32 Å². The molecule has 3 nitrogen and oxygen atoms in total. The zero-order chi connectivity index (χ0) is 15.2. The van der Waals surface area contributed by atoms with Crippen molar-refractivity contribution in [3.63, 3.8) is 0 Å². The smallest absolute Gasteiger partial charge is 0.412 e. The molecule has 5 heteroatoms. The second-order valence-corrected chi connectivity index (χ2v) is 6.20. The minimum Gasteiger partial charge on any atom is -0.438 e. The number of anilines is 1. The number of amides is 1. The monoisotopic (exact) mass is 321 g/mol. The standard InChI is InChI=1S/C16H13Cl2NO2/c1-16(2)13-12(19-15(20)21-16)7-6-11(14(13)18)9-4-3-5-10(17)8-9/h3-8H,1-2H3,(H,19,20). The van der Waals surface area contributed by atoms with Crippen LogP contribution in [0.5, 0.6) is 0 Å². The Hall–Kier alpha value is -1.71. The summed E-state index contributed by atoms with van der Waals surface area (Å²) in [6.07, 6.45) is -0.473. The van der Waals surface area contributed by atoms with E-state index in [0.717, 1.165) is 16.7 Å². The Bertz CT molecular complexity index is 741. The van der Waals surface area contributed by atoms with E-state index in [9.17, 15) is 4.79 Å². The summed E-state index contributed by atoms with van der Waals surface area (Å²) in [5.74, 6) is 0. The predicted molar refractivity (Wildman–Crippen MR) is 85.0 cm³/mol. The highest BCUT2D eigenvalue weighted by molar-refractivity contribution is 6.35. The first-order chi connectivity index (χ1) is 9.88. The minimum atomic E-state index is -0.788. The lowest BCUT2D eigenvalue weighted by atomic mass is 9.91. The molecular formula is C16H13Cl2NO2. The van der Waals surface area contributed by atoms with Crippen molar-refractivity contribution in [1.29, 1.82) is 0 Å². The van der Waals surface area contributed by atoms with Gasteiger partial charge in [-0.25, -0.2) is 4.79 Å². The van der Waals surface area contributed by atoms with E-state index in [1.54, 1.807) is 0 Å². The van der Waals surface area contributed by atoms with Crippen LogP contribution in [-0.2, 0) is 10.3 Å². The Morgan fingerprint density at radius 2 is 1.90 bits per heavy atom. The van der Waals surface area contributed by atoms with E-state index in [4.69, 9.17) is 27.9 Å². The fourth-order valence-corrected chi connectivity index (χ4v) is 3.26. The van der Waals surface area contributed by atoms with Crippen LogP contribution in [0, 0.1) is 0 Å². The van der Waals surface area contributed by atoms with E-state index < -0.39 is 11.7 Å². The summed E-state index contributed by atoms with van der Waals surface area (Å²) in [5, 5.41) is 3.87. The van der Waals surface area contributed by atoms with Gasteiger partial charge in [-0.2, -0.15) is 0 Å². The molecule has 0 aliphatic carbocycles. The Kier molecular flexibility index (Phi) is 3.34. The summed E-state index contributed by atoms with van der Waals surface area (Å²) in [6, 6.07) is 11.2. The number of cyclic esters (lactones) is 1. The normalized spacial score (nSPS) is 15.9. The van der Waals surface area contributed by atoms with Gasteiger partial charge in [0.1, 0.15) is 5.60 Å². The molecule has 0 fully saturated rings. The Labute approximate surface area is 132 Å². The summed E-state index contributed by atoms with van der Waals surface area (Å²) in [7, 11) is 0. The fraction of sp³-hybridized carbons (Fsp3) is 0.188. The van der Waals surface area contributed by atoms with Crippen molar-refractivity contribution < 1.29 is 9.53 Å². The molecule has 0 bridgehead atoms. The number of nitrogens with one attached hydrogen (secondary N) is 1. The molecule has 2 aromatic carbocycles. The van der Waals surface area contributed by atoms with Gasteiger partial charge in [-0.15, -0.1) is 0 Å². The van der Waals surface area contributed by atoms with Crippen LogP contribution in [0.1, 0.15) is 19.4 Å². The van der Waals surface area contributed by atoms with Gasteiger partial charge in [0, 0.05) is 16.1 Å². The molecule has 0 saturated carbocycles. The molecule has 1 aliphatic rings. The highest BCUT2D eigenvalue weighted by atomic mass is 35.5.